The number of hydrogen-bond acceptors (Lipinski definition) is 3. The molecule has 0 unspecified atom stereocenters. The highest BCUT2D eigenvalue weighted by Gasteiger charge is 2.04. The summed E-state index contributed by atoms with van der Waals surface area (Å²) in [6, 6.07) is 17.8. The lowest BCUT2D eigenvalue weighted by Gasteiger charge is -2.09. The van der Waals surface area contributed by atoms with Gasteiger partial charge in [-0.3, -0.25) is 4.79 Å². The van der Waals surface area contributed by atoms with Gasteiger partial charge in [0.1, 0.15) is 0 Å². The third kappa shape index (κ3) is 4.40. The summed E-state index contributed by atoms with van der Waals surface area (Å²) < 4.78 is 0. The van der Waals surface area contributed by atoms with E-state index in [1.54, 1.807) is 0 Å². The van der Waals surface area contributed by atoms with Crippen LogP contribution in [0.1, 0.15) is 11.1 Å². The molecule has 0 bridgehead atoms. The first-order chi connectivity index (χ1) is 9.79. The first-order valence-electron chi connectivity index (χ1n) is 6.51. The number of nitrogens with one attached hydrogen (secondary N) is 1. The van der Waals surface area contributed by atoms with Crippen LogP contribution >= 0.6 is 11.8 Å². The van der Waals surface area contributed by atoms with E-state index in [9.17, 15) is 4.79 Å². The fourth-order valence-corrected chi connectivity index (χ4v) is 2.59. The SMILES string of the molecule is NCc1ccccc1CNC(=O)CSc1ccccc1. The number of nitrogens with two attached hydrogens (primary N) is 1. The smallest absolute Gasteiger partial charge is 0.230 e. The average molecular weight is 286 g/mol. The Morgan fingerprint density at radius 3 is 2.35 bits per heavy atom. The molecule has 3 N–H and O–H groups in total. The summed E-state index contributed by atoms with van der Waals surface area (Å²) in [5.74, 6) is 0.458. The summed E-state index contributed by atoms with van der Waals surface area (Å²) in [5, 5.41) is 2.93. The van der Waals surface area contributed by atoms with Gasteiger partial charge in [-0.15, -0.1) is 11.8 Å². The number of thioether (sulfide) groups is 1. The molecule has 2 aromatic rings. The molecule has 0 aromatic heterocycles. The molecule has 0 aliphatic carbocycles. The zero-order valence-electron chi connectivity index (χ0n) is 11.2. The summed E-state index contributed by atoms with van der Waals surface area (Å²) in [6.45, 7) is 1.02. The second kappa shape index (κ2) is 7.72. The van der Waals surface area contributed by atoms with Crippen molar-refractivity contribution >= 4 is 17.7 Å². The molecule has 0 heterocycles. The van der Waals surface area contributed by atoms with Gasteiger partial charge in [0.05, 0.1) is 5.75 Å². The highest BCUT2D eigenvalue weighted by molar-refractivity contribution is 8.00. The Kier molecular flexibility index (Phi) is 5.65. The van der Waals surface area contributed by atoms with E-state index in [1.807, 2.05) is 54.6 Å². The molecule has 0 atom stereocenters. The first-order valence-corrected chi connectivity index (χ1v) is 7.49. The van der Waals surface area contributed by atoms with Gasteiger partial charge in [-0.05, 0) is 23.3 Å². The lowest BCUT2D eigenvalue weighted by atomic mass is 10.1. The minimum Gasteiger partial charge on any atom is -0.351 e. The second-order valence-corrected chi connectivity index (χ2v) is 5.40. The van der Waals surface area contributed by atoms with Crippen molar-refractivity contribution in [1.29, 1.82) is 0 Å². The molecule has 0 radical (unpaired) electrons. The Morgan fingerprint density at radius 2 is 1.65 bits per heavy atom. The quantitative estimate of drug-likeness (QED) is 0.802. The van der Waals surface area contributed by atoms with Crippen LogP contribution in [0.25, 0.3) is 0 Å². The zero-order chi connectivity index (χ0) is 14.2. The van der Waals surface area contributed by atoms with Crippen LogP contribution in [0.4, 0.5) is 0 Å². The van der Waals surface area contributed by atoms with Gasteiger partial charge >= 0.3 is 0 Å². The molecule has 0 fully saturated rings. The molecule has 0 aliphatic heterocycles. The van der Waals surface area contributed by atoms with Crippen molar-refractivity contribution in [3.63, 3.8) is 0 Å². The van der Waals surface area contributed by atoms with Crippen LogP contribution in [0.2, 0.25) is 0 Å². The number of benzene rings is 2. The summed E-state index contributed by atoms with van der Waals surface area (Å²) in [4.78, 5) is 12.9. The standard InChI is InChI=1S/C16H18N2OS/c17-10-13-6-4-5-7-14(13)11-18-16(19)12-20-15-8-2-1-3-9-15/h1-9H,10-12,17H2,(H,18,19). The Morgan fingerprint density at radius 1 is 1.00 bits per heavy atom. The van der Waals surface area contributed by atoms with E-state index < -0.39 is 0 Å². The maximum atomic E-state index is 11.8. The van der Waals surface area contributed by atoms with Crippen LogP contribution in [-0.2, 0) is 17.9 Å². The molecule has 0 spiro atoms. The van der Waals surface area contributed by atoms with Crippen molar-refractivity contribution in [2.45, 2.75) is 18.0 Å². The molecule has 0 aliphatic rings. The minimum absolute atomic E-state index is 0.0330. The van der Waals surface area contributed by atoms with Gasteiger partial charge in [0.2, 0.25) is 5.91 Å². The van der Waals surface area contributed by atoms with Crippen LogP contribution < -0.4 is 11.1 Å². The van der Waals surface area contributed by atoms with Crippen molar-refractivity contribution in [3.8, 4) is 0 Å². The van der Waals surface area contributed by atoms with E-state index in [0.717, 1.165) is 16.0 Å². The lowest BCUT2D eigenvalue weighted by molar-refractivity contribution is -0.118. The van der Waals surface area contributed by atoms with Crippen molar-refractivity contribution in [3.05, 3.63) is 65.7 Å². The molecule has 104 valence electrons. The van der Waals surface area contributed by atoms with Gasteiger partial charge in [-0.25, -0.2) is 0 Å². The van der Waals surface area contributed by atoms with E-state index in [1.165, 1.54) is 11.8 Å². The Hall–Kier alpha value is -1.78. The predicted molar refractivity (Wildman–Crippen MR) is 83.3 cm³/mol. The maximum absolute atomic E-state index is 11.8. The van der Waals surface area contributed by atoms with Gasteiger partial charge in [-0.2, -0.15) is 0 Å². The van der Waals surface area contributed by atoms with Gasteiger partial charge in [0, 0.05) is 18.0 Å². The number of hydrogen-bond donors (Lipinski definition) is 2. The van der Waals surface area contributed by atoms with Crippen LogP contribution in [0.5, 0.6) is 0 Å². The summed E-state index contributed by atoms with van der Waals surface area (Å²) >= 11 is 1.54. The zero-order valence-corrected chi connectivity index (χ0v) is 12.0. The Bertz CT molecular complexity index is 557. The van der Waals surface area contributed by atoms with Crippen molar-refractivity contribution in [2.24, 2.45) is 5.73 Å². The molecule has 3 nitrogen and oxygen atoms in total. The molecular formula is C16H18N2OS. The van der Waals surface area contributed by atoms with Crippen LogP contribution in [0.15, 0.2) is 59.5 Å². The summed E-state index contributed by atoms with van der Waals surface area (Å²) in [6.07, 6.45) is 0. The minimum atomic E-state index is 0.0330. The molecule has 1 amide bonds. The van der Waals surface area contributed by atoms with Gasteiger partial charge in [-0.1, -0.05) is 42.5 Å². The molecule has 2 rings (SSSR count). The largest absolute Gasteiger partial charge is 0.351 e. The van der Waals surface area contributed by atoms with Crippen molar-refractivity contribution < 1.29 is 4.79 Å². The maximum Gasteiger partial charge on any atom is 0.230 e. The first kappa shape index (κ1) is 14.6. The summed E-state index contributed by atoms with van der Waals surface area (Å²) in [5.41, 5.74) is 7.82. The fourth-order valence-electron chi connectivity index (χ4n) is 1.84. The number of carbonyl (C=O) groups excluding carboxylic acids is 1. The average Bonchev–Trinajstić information content (AvgIpc) is 2.52. The third-order valence-corrected chi connectivity index (χ3v) is 3.94. The predicted octanol–water partition coefficient (Wildman–Crippen LogP) is 2.55. The van der Waals surface area contributed by atoms with E-state index >= 15 is 0 Å². The number of rotatable bonds is 6. The summed E-state index contributed by atoms with van der Waals surface area (Å²) in [7, 11) is 0. The van der Waals surface area contributed by atoms with E-state index in [-0.39, 0.29) is 5.91 Å². The topological polar surface area (TPSA) is 55.1 Å². The molecule has 0 saturated carbocycles. The van der Waals surface area contributed by atoms with E-state index in [2.05, 4.69) is 5.32 Å². The Labute approximate surface area is 123 Å². The lowest BCUT2D eigenvalue weighted by Crippen LogP contribution is -2.25. The molecule has 0 saturated heterocycles. The number of amides is 1. The number of carbonyl (C=O) groups is 1. The molecular weight excluding hydrogens is 268 g/mol. The highest BCUT2D eigenvalue weighted by Crippen LogP contribution is 2.16. The van der Waals surface area contributed by atoms with Crippen LogP contribution in [-0.4, -0.2) is 11.7 Å². The van der Waals surface area contributed by atoms with E-state index in [0.29, 0.717) is 18.8 Å². The van der Waals surface area contributed by atoms with Gasteiger partial charge in [0.25, 0.3) is 0 Å². The molecule has 4 heteroatoms. The monoisotopic (exact) mass is 286 g/mol. The van der Waals surface area contributed by atoms with Crippen molar-refractivity contribution in [2.75, 3.05) is 5.75 Å². The highest BCUT2D eigenvalue weighted by atomic mass is 32.2. The Balaban J connectivity index is 1.80. The van der Waals surface area contributed by atoms with Crippen molar-refractivity contribution in [1.82, 2.24) is 5.32 Å². The van der Waals surface area contributed by atoms with E-state index in [4.69, 9.17) is 5.73 Å². The second-order valence-electron chi connectivity index (χ2n) is 4.35. The molecule has 2 aromatic carbocycles. The van der Waals surface area contributed by atoms with Crippen LogP contribution in [0, 0.1) is 0 Å². The normalized spacial score (nSPS) is 10.2. The van der Waals surface area contributed by atoms with Gasteiger partial charge < -0.3 is 11.1 Å². The third-order valence-electron chi connectivity index (χ3n) is 2.93. The molecule has 20 heavy (non-hydrogen) atoms. The van der Waals surface area contributed by atoms with Gasteiger partial charge in [0.15, 0.2) is 0 Å². The fraction of sp³-hybridized carbons (Fsp3) is 0.188. The van der Waals surface area contributed by atoms with Crippen LogP contribution in [0.3, 0.4) is 0 Å².